The van der Waals surface area contributed by atoms with E-state index in [4.69, 9.17) is 0 Å². The first-order valence-corrected chi connectivity index (χ1v) is 8.83. The Morgan fingerprint density at radius 2 is 1.92 bits per heavy atom. The molecule has 1 aromatic heterocycles. The number of benzene rings is 1. The molecule has 128 valence electrons. The molecule has 2 aromatic rings. The third-order valence-corrected chi connectivity index (χ3v) is 4.58. The fraction of sp³-hybridized carbons (Fsp3) is 0.474. The van der Waals surface area contributed by atoms with Crippen LogP contribution in [0.15, 0.2) is 48.8 Å². The number of nitrogens with zero attached hydrogens (tertiary/aromatic N) is 4. The molecule has 1 amide bonds. The summed E-state index contributed by atoms with van der Waals surface area (Å²) in [7, 11) is 0. The topological polar surface area (TPSA) is 41.4 Å². The third-order valence-electron chi connectivity index (χ3n) is 4.58. The number of hydrogen-bond acceptors (Lipinski definition) is 3. The van der Waals surface area contributed by atoms with Gasteiger partial charge in [-0.2, -0.15) is 5.10 Å². The summed E-state index contributed by atoms with van der Waals surface area (Å²) in [6, 6.07) is 12.5. The summed E-state index contributed by atoms with van der Waals surface area (Å²) in [5.74, 6) is 0.171. The standard InChI is InChI=1S/C19H26N4O/c24-19(17-23-14-5-10-20-23)22-13-6-12-21(15-16-22)11-4-9-18-7-2-1-3-8-18/h1-3,5,7-8,10,14H,4,6,9,11-13,15-17H2. The Morgan fingerprint density at radius 3 is 2.71 bits per heavy atom. The van der Waals surface area contributed by atoms with Gasteiger partial charge in [0.25, 0.3) is 0 Å². The first-order chi connectivity index (χ1) is 11.8. The van der Waals surface area contributed by atoms with Crippen molar-refractivity contribution in [3.63, 3.8) is 0 Å². The normalized spacial score (nSPS) is 16.1. The minimum atomic E-state index is 0.171. The molecule has 0 radical (unpaired) electrons. The van der Waals surface area contributed by atoms with Crippen molar-refractivity contribution in [2.24, 2.45) is 0 Å². The highest BCUT2D eigenvalue weighted by molar-refractivity contribution is 5.75. The van der Waals surface area contributed by atoms with E-state index >= 15 is 0 Å². The zero-order chi connectivity index (χ0) is 16.6. The van der Waals surface area contributed by atoms with E-state index in [0.717, 1.165) is 45.6 Å². The van der Waals surface area contributed by atoms with Gasteiger partial charge in [0.1, 0.15) is 6.54 Å². The molecule has 1 aliphatic rings. The van der Waals surface area contributed by atoms with Gasteiger partial charge in [-0.1, -0.05) is 30.3 Å². The van der Waals surface area contributed by atoms with Gasteiger partial charge in [0, 0.05) is 32.0 Å². The van der Waals surface area contributed by atoms with Crippen molar-refractivity contribution >= 4 is 5.91 Å². The molecule has 0 bridgehead atoms. The highest BCUT2D eigenvalue weighted by Crippen LogP contribution is 2.08. The summed E-state index contributed by atoms with van der Waals surface area (Å²) >= 11 is 0. The number of amides is 1. The van der Waals surface area contributed by atoms with Crippen LogP contribution < -0.4 is 0 Å². The Bertz CT molecular complexity index is 612. The van der Waals surface area contributed by atoms with Gasteiger partial charge >= 0.3 is 0 Å². The van der Waals surface area contributed by atoms with Crippen LogP contribution in [0.3, 0.4) is 0 Å². The van der Waals surface area contributed by atoms with Crippen molar-refractivity contribution in [2.45, 2.75) is 25.8 Å². The number of rotatable bonds is 6. The maximum Gasteiger partial charge on any atom is 0.244 e. The number of aryl methyl sites for hydroxylation is 1. The van der Waals surface area contributed by atoms with Crippen LogP contribution >= 0.6 is 0 Å². The van der Waals surface area contributed by atoms with Crippen LogP contribution in [-0.2, 0) is 17.8 Å². The second kappa shape index (κ2) is 8.64. The molecular formula is C19H26N4O. The molecule has 0 saturated carbocycles. The molecule has 1 fully saturated rings. The van der Waals surface area contributed by atoms with Crippen molar-refractivity contribution in [1.82, 2.24) is 19.6 Å². The Labute approximate surface area is 143 Å². The van der Waals surface area contributed by atoms with E-state index in [1.54, 1.807) is 10.9 Å². The first kappa shape index (κ1) is 16.7. The summed E-state index contributed by atoms with van der Waals surface area (Å²) in [5.41, 5.74) is 1.41. The van der Waals surface area contributed by atoms with Crippen molar-refractivity contribution in [2.75, 3.05) is 32.7 Å². The molecule has 5 heteroatoms. The number of carbonyl (C=O) groups is 1. The highest BCUT2D eigenvalue weighted by atomic mass is 16.2. The SMILES string of the molecule is O=C(Cn1cccn1)N1CCCN(CCCc2ccccc2)CC1. The minimum Gasteiger partial charge on any atom is -0.340 e. The van der Waals surface area contributed by atoms with Crippen LogP contribution in [0.25, 0.3) is 0 Å². The number of aromatic nitrogens is 2. The fourth-order valence-corrected chi connectivity index (χ4v) is 3.23. The zero-order valence-corrected chi connectivity index (χ0v) is 14.2. The van der Waals surface area contributed by atoms with Crippen molar-refractivity contribution in [1.29, 1.82) is 0 Å². The average Bonchev–Trinajstić information content (AvgIpc) is 2.99. The maximum atomic E-state index is 12.4. The van der Waals surface area contributed by atoms with E-state index in [9.17, 15) is 4.79 Å². The van der Waals surface area contributed by atoms with Gasteiger partial charge in [0.2, 0.25) is 5.91 Å². The number of hydrogen-bond donors (Lipinski definition) is 0. The first-order valence-electron chi connectivity index (χ1n) is 8.83. The Kier molecular flexibility index (Phi) is 6.01. The third kappa shape index (κ3) is 4.93. The van der Waals surface area contributed by atoms with Gasteiger partial charge in [-0.15, -0.1) is 0 Å². The smallest absolute Gasteiger partial charge is 0.244 e. The lowest BCUT2D eigenvalue weighted by atomic mass is 10.1. The van der Waals surface area contributed by atoms with E-state index in [1.165, 1.54) is 12.0 Å². The second-order valence-corrected chi connectivity index (χ2v) is 6.37. The molecule has 0 aliphatic carbocycles. The molecule has 0 atom stereocenters. The molecule has 0 spiro atoms. The fourth-order valence-electron chi connectivity index (χ4n) is 3.23. The molecule has 2 heterocycles. The van der Waals surface area contributed by atoms with Crippen LogP contribution in [0, 0.1) is 0 Å². The molecule has 0 N–H and O–H groups in total. The summed E-state index contributed by atoms with van der Waals surface area (Å²) in [4.78, 5) is 16.8. The van der Waals surface area contributed by atoms with Crippen molar-refractivity contribution in [3.05, 3.63) is 54.4 Å². The van der Waals surface area contributed by atoms with Crippen LogP contribution in [0.5, 0.6) is 0 Å². The molecule has 5 nitrogen and oxygen atoms in total. The maximum absolute atomic E-state index is 12.4. The monoisotopic (exact) mass is 326 g/mol. The average molecular weight is 326 g/mol. The van der Waals surface area contributed by atoms with Crippen LogP contribution in [0.2, 0.25) is 0 Å². The lowest BCUT2D eigenvalue weighted by Crippen LogP contribution is -2.37. The van der Waals surface area contributed by atoms with Gasteiger partial charge in [0.15, 0.2) is 0 Å². The van der Waals surface area contributed by atoms with Crippen molar-refractivity contribution in [3.8, 4) is 0 Å². The molecule has 24 heavy (non-hydrogen) atoms. The van der Waals surface area contributed by atoms with E-state index in [-0.39, 0.29) is 5.91 Å². The van der Waals surface area contributed by atoms with Gasteiger partial charge < -0.3 is 9.80 Å². The van der Waals surface area contributed by atoms with E-state index in [1.807, 2.05) is 17.2 Å². The lowest BCUT2D eigenvalue weighted by molar-refractivity contribution is -0.131. The van der Waals surface area contributed by atoms with Gasteiger partial charge in [0.05, 0.1) is 0 Å². The zero-order valence-electron chi connectivity index (χ0n) is 14.2. The quantitative estimate of drug-likeness (QED) is 0.816. The summed E-state index contributed by atoms with van der Waals surface area (Å²) in [6.45, 7) is 5.19. The van der Waals surface area contributed by atoms with Gasteiger partial charge in [-0.3, -0.25) is 9.48 Å². The van der Waals surface area contributed by atoms with E-state index < -0.39 is 0 Å². The van der Waals surface area contributed by atoms with Gasteiger partial charge in [-0.05, 0) is 44.0 Å². The number of carbonyl (C=O) groups excluding carboxylic acids is 1. The lowest BCUT2D eigenvalue weighted by Gasteiger charge is -2.22. The molecule has 3 rings (SSSR count). The highest BCUT2D eigenvalue weighted by Gasteiger charge is 2.19. The second-order valence-electron chi connectivity index (χ2n) is 6.37. The Hall–Kier alpha value is -2.14. The van der Waals surface area contributed by atoms with Crippen LogP contribution in [0.4, 0.5) is 0 Å². The summed E-state index contributed by atoms with van der Waals surface area (Å²) < 4.78 is 1.70. The Morgan fingerprint density at radius 1 is 1.04 bits per heavy atom. The van der Waals surface area contributed by atoms with Crippen LogP contribution in [0.1, 0.15) is 18.4 Å². The molecular weight excluding hydrogens is 300 g/mol. The summed E-state index contributed by atoms with van der Waals surface area (Å²) in [6.07, 6.45) is 6.90. The molecule has 0 unspecified atom stereocenters. The molecule has 1 aromatic carbocycles. The predicted octanol–water partition coefficient (Wildman–Crippen LogP) is 2.05. The summed E-state index contributed by atoms with van der Waals surface area (Å²) in [5, 5.41) is 4.12. The van der Waals surface area contributed by atoms with Gasteiger partial charge in [-0.25, -0.2) is 0 Å². The minimum absolute atomic E-state index is 0.171. The van der Waals surface area contributed by atoms with E-state index in [0.29, 0.717) is 6.54 Å². The largest absolute Gasteiger partial charge is 0.340 e. The van der Waals surface area contributed by atoms with Crippen molar-refractivity contribution < 1.29 is 4.79 Å². The Balaban J connectivity index is 1.40. The molecule has 1 saturated heterocycles. The van der Waals surface area contributed by atoms with Crippen LogP contribution in [-0.4, -0.2) is 58.2 Å². The molecule has 1 aliphatic heterocycles. The predicted molar refractivity (Wildman–Crippen MR) is 94.6 cm³/mol. The van der Waals surface area contributed by atoms with E-state index in [2.05, 4.69) is 40.3 Å².